The van der Waals surface area contributed by atoms with Gasteiger partial charge in [-0.3, -0.25) is 0 Å². The maximum atomic E-state index is 11.2. The largest absolute Gasteiger partial charge is 0.479 e. The average Bonchev–Trinajstić information content (AvgIpc) is 1.96. The summed E-state index contributed by atoms with van der Waals surface area (Å²) >= 11 is 0. The fourth-order valence-corrected chi connectivity index (χ4v) is 0.739. The minimum atomic E-state index is -1.14. The molecule has 0 aliphatic carbocycles. The maximum Gasteiger partial charge on any atom is 0.330 e. The number of carbonyl (C=O) groups excluding carboxylic acids is 1. The van der Waals surface area contributed by atoms with Crippen LogP contribution in [0.15, 0.2) is 12.7 Å². The molecule has 0 radical (unpaired) electrons. The van der Waals surface area contributed by atoms with Crippen molar-refractivity contribution < 1.29 is 14.7 Å². The molecule has 0 saturated heterocycles. The predicted octanol–water partition coefficient (Wildman–Crippen LogP) is 0.723. The Morgan fingerprint density at radius 3 is 2.21 bits per heavy atom. The van der Waals surface area contributed by atoms with Gasteiger partial charge in [-0.25, -0.2) is 9.59 Å². The van der Waals surface area contributed by atoms with E-state index in [9.17, 15) is 9.59 Å². The number of carboxylic acids is 1. The van der Waals surface area contributed by atoms with E-state index in [-0.39, 0.29) is 0 Å². The molecule has 5 heteroatoms. The zero-order chi connectivity index (χ0) is 11.4. The number of carbonyl (C=O) groups is 2. The first-order valence-corrected chi connectivity index (χ1v) is 4.20. The molecule has 0 aliphatic heterocycles. The Kier molecular flexibility index (Phi) is 4.14. The van der Waals surface area contributed by atoms with Gasteiger partial charge in [0, 0.05) is 5.54 Å². The topological polar surface area (TPSA) is 78.4 Å². The summed E-state index contributed by atoms with van der Waals surface area (Å²) in [5.41, 5.74) is -0.395. The summed E-state index contributed by atoms with van der Waals surface area (Å²) < 4.78 is 0. The lowest BCUT2D eigenvalue weighted by Gasteiger charge is -2.21. The van der Waals surface area contributed by atoms with Crippen molar-refractivity contribution in [3.8, 4) is 0 Å². The third kappa shape index (κ3) is 5.18. The molecule has 0 aromatic heterocycles. The Morgan fingerprint density at radius 2 is 1.93 bits per heavy atom. The van der Waals surface area contributed by atoms with Crippen molar-refractivity contribution in [1.82, 2.24) is 10.6 Å². The van der Waals surface area contributed by atoms with Gasteiger partial charge in [0.1, 0.15) is 6.04 Å². The van der Waals surface area contributed by atoms with Crippen molar-refractivity contribution >= 4 is 12.0 Å². The molecule has 0 heterocycles. The normalized spacial score (nSPS) is 12.8. The third-order valence-electron chi connectivity index (χ3n) is 1.28. The first-order valence-electron chi connectivity index (χ1n) is 4.20. The Morgan fingerprint density at radius 1 is 1.43 bits per heavy atom. The fourth-order valence-electron chi connectivity index (χ4n) is 0.739. The standard InChI is InChI=1S/C9H16N2O3/c1-5-6(7(12)13)10-8(14)11-9(2,3)4/h5-6H,1H2,2-4H3,(H,12,13)(H2,10,11,14)/t6-/m0/s1. The summed E-state index contributed by atoms with van der Waals surface area (Å²) in [6, 6.07) is -1.58. The van der Waals surface area contributed by atoms with Crippen molar-refractivity contribution in [2.45, 2.75) is 32.4 Å². The monoisotopic (exact) mass is 200 g/mol. The van der Waals surface area contributed by atoms with E-state index >= 15 is 0 Å². The molecule has 1 atom stereocenters. The lowest BCUT2D eigenvalue weighted by atomic mass is 10.1. The van der Waals surface area contributed by atoms with E-state index in [1.165, 1.54) is 0 Å². The second-order valence-electron chi connectivity index (χ2n) is 3.90. The fraction of sp³-hybridized carbons (Fsp3) is 0.556. The molecule has 5 nitrogen and oxygen atoms in total. The molecule has 0 aromatic rings. The summed E-state index contributed by atoms with van der Waals surface area (Å²) in [6.45, 7) is 8.71. The van der Waals surface area contributed by atoms with Crippen LogP contribution < -0.4 is 10.6 Å². The van der Waals surface area contributed by atoms with E-state index in [4.69, 9.17) is 5.11 Å². The van der Waals surface area contributed by atoms with Gasteiger partial charge in [-0.05, 0) is 20.8 Å². The van der Waals surface area contributed by atoms with Gasteiger partial charge in [-0.15, -0.1) is 6.58 Å². The van der Waals surface area contributed by atoms with Crippen molar-refractivity contribution in [3.63, 3.8) is 0 Å². The van der Waals surface area contributed by atoms with Crippen LogP contribution in [0, 0.1) is 0 Å². The van der Waals surface area contributed by atoms with Crippen LogP contribution in [0.1, 0.15) is 20.8 Å². The summed E-state index contributed by atoms with van der Waals surface area (Å²) in [5.74, 6) is -1.14. The van der Waals surface area contributed by atoms with Crippen LogP contribution in [0.25, 0.3) is 0 Å². The Bertz CT molecular complexity index is 243. The van der Waals surface area contributed by atoms with Crippen LogP contribution in [0.2, 0.25) is 0 Å². The van der Waals surface area contributed by atoms with Gasteiger partial charge in [0.05, 0.1) is 0 Å². The highest BCUT2D eigenvalue weighted by Gasteiger charge is 2.19. The highest BCUT2D eigenvalue weighted by atomic mass is 16.4. The van der Waals surface area contributed by atoms with Gasteiger partial charge in [0.15, 0.2) is 0 Å². The molecule has 0 bridgehead atoms. The highest BCUT2D eigenvalue weighted by molar-refractivity contribution is 5.84. The van der Waals surface area contributed by atoms with Crippen LogP contribution in [0.3, 0.4) is 0 Å². The van der Waals surface area contributed by atoms with Crippen LogP contribution in [-0.4, -0.2) is 28.7 Å². The van der Waals surface area contributed by atoms with E-state index in [1.807, 2.05) is 0 Å². The molecule has 0 fully saturated rings. The van der Waals surface area contributed by atoms with Gasteiger partial charge < -0.3 is 15.7 Å². The molecule has 3 N–H and O–H groups in total. The van der Waals surface area contributed by atoms with Gasteiger partial charge in [-0.1, -0.05) is 6.08 Å². The first-order chi connectivity index (χ1) is 6.26. The molecule has 0 saturated carbocycles. The summed E-state index contributed by atoms with van der Waals surface area (Å²) in [5, 5.41) is 13.4. The quantitative estimate of drug-likeness (QED) is 0.587. The molecule has 0 spiro atoms. The molecule has 14 heavy (non-hydrogen) atoms. The molecule has 80 valence electrons. The van der Waals surface area contributed by atoms with E-state index < -0.39 is 23.6 Å². The minimum absolute atomic E-state index is 0.395. The van der Waals surface area contributed by atoms with E-state index in [2.05, 4.69) is 17.2 Å². The van der Waals surface area contributed by atoms with Gasteiger partial charge >= 0.3 is 12.0 Å². The molecule has 0 aromatic carbocycles. The molecule has 0 rings (SSSR count). The number of amides is 2. The van der Waals surface area contributed by atoms with E-state index in [1.54, 1.807) is 20.8 Å². The zero-order valence-corrected chi connectivity index (χ0v) is 8.63. The number of nitrogens with one attached hydrogen (secondary N) is 2. The summed E-state index contributed by atoms with van der Waals surface area (Å²) in [6.07, 6.45) is 1.16. The highest BCUT2D eigenvalue weighted by Crippen LogP contribution is 1.98. The number of rotatable bonds is 3. The average molecular weight is 200 g/mol. The minimum Gasteiger partial charge on any atom is -0.479 e. The SMILES string of the molecule is C=C[C@H](NC(=O)NC(C)(C)C)C(=O)O. The Labute approximate surface area is 83.2 Å². The van der Waals surface area contributed by atoms with Crippen LogP contribution >= 0.6 is 0 Å². The van der Waals surface area contributed by atoms with Crippen LogP contribution in [0.5, 0.6) is 0 Å². The molecular formula is C9H16N2O3. The molecule has 0 aliphatic rings. The van der Waals surface area contributed by atoms with Gasteiger partial charge in [-0.2, -0.15) is 0 Å². The molecular weight excluding hydrogens is 184 g/mol. The van der Waals surface area contributed by atoms with Crippen LogP contribution in [-0.2, 0) is 4.79 Å². The second kappa shape index (κ2) is 4.64. The van der Waals surface area contributed by atoms with Crippen molar-refractivity contribution in [3.05, 3.63) is 12.7 Å². The van der Waals surface area contributed by atoms with Gasteiger partial charge in [0.25, 0.3) is 0 Å². The van der Waals surface area contributed by atoms with Crippen molar-refractivity contribution in [2.24, 2.45) is 0 Å². The third-order valence-corrected chi connectivity index (χ3v) is 1.28. The summed E-state index contributed by atoms with van der Waals surface area (Å²) in [4.78, 5) is 21.7. The lowest BCUT2D eigenvalue weighted by Crippen LogP contribution is -2.50. The van der Waals surface area contributed by atoms with E-state index in [0.29, 0.717) is 0 Å². The zero-order valence-electron chi connectivity index (χ0n) is 8.63. The number of carboxylic acid groups (broad SMARTS) is 1. The number of urea groups is 1. The second-order valence-corrected chi connectivity index (χ2v) is 3.90. The number of hydrogen-bond acceptors (Lipinski definition) is 2. The van der Waals surface area contributed by atoms with Crippen molar-refractivity contribution in [2.75, 3.05) is 0 Å². The lowest BCUT2D eigenvalue weighted by molar-refractivity contribution is -0.137. The Balaban J connectivity index is 4.18. The van der Waals surface area contributed by atoms with E-state index in [0.717, 1.165) is 6.08 Å². The number of aliphatic carboxylic acids is 1. The maximum absolute atomic E-state index is 11.2. The molecule has 0 unspecified atom stereocenters. The Hall–Kier alpha value is -1.52. The summed E-state index contributed by atoms with van der Waals surface area (Å²) in [7, 11) is 0. The van der Waals surface area contributed by atoms with Crippen molar-refractivity contribution in [1.29, 1.82) is 0 Å². The van der Waals surface area contributed by atoms with Gasteiger partial charge in [0.2, 0.25) is 0 Å². The first kappa shape index (κ1) is 12.5. The molecule has 2 amide bonds. The smallest absolute Gasteiger partial charge is 0.330 e. The predicted molar refractivity (Wildman–Crippen MR) is 53.0 cm³/mol. The number of hydrogen-bond donors (Lipinski definition) is 3. The van der Waals surface area contributed by atoms with Crippen LogP contribution in [0.4, 0.5) is 4.79 Å².